The Morgan fingerprint density at radius 3 is 2.96 bits per heavy atom. The van der Waals surface area contributed by atoms with Crippen LogP contribution in [0.15, 0.2) is 27.9 Å². The standard InChI is InChI=1S/C15H14ClFN8O2/c1-2-4-11-12(20-24-25(11)14-13(18)22-27-23-14)15(26)21-19-7-8-9(16)5-3-6-10(8)17/h3,5-7H,2,4H2,1H3,(H2,18,22)(H,21,26)/b19-7-. The van der Waals surface area contributed by atoms with Crippen LogP contribution in [-0.2, 0) is 6.42 Å². The van der Waals surface area contributed by atoms with Crippen molar-refractivity contribution in [3.8, 4) is 5.82 Å². The molecule has 0 atom stereocenters. The zero-order valence-electron chi connectivity index (χ0n) is 14.1. The molecule has 0 spiro atoms. The van der Waals surface area contributed by atoms with Gasteiger partial charge in [0, 0.05) is 5.56 Å². The van der Waals surface area contributed by atoms with E-state index in [2.05, 4.69) is 35.8 Å². The molecule has 12 heteroatoms. The first kappa shape index (κ1) is 18.5. The molecular formula is C15H14ClFN8O2. The topological polar surface area (TPSA) is 137 Å². The van der Waals surface area contributed by atoms with Crippen molar-refractivity contribution >= 4 is 29.5 Å². The highest BCUT2D eigenvalue weighted by Crippen LogP contribution is 2.18. The number of hydrogen-bond donors (Lipinski definition) is 2. The monoisotopic (exact) mass is 392 g/mol. The molecule has 0 bridgehead atoms. The van der Waals surface area contributed by atoms with Crippen molar-refractivity contribution in [2.75, 3.05) is 5.73 Å². The van der Waals surface area contributed by atoms with Gasteiger partial charge in [0.1, 0.15) is 5.82 Å². The second-order valence-electron chi connectivity index (χ2n) is 5.35. The summed E-state index contributed by atoms with van der Waals surface area (Å²) in [5.74, 6) is -1.06. The molecule has 0 aliphatic carbocycles. The van der Waals surface area contributed by atoms with Crippen LogP contribution in [0.2, 0.25) is 5.02 Å². The van der Waals surface area contributed by atoms with Crippen LogP contribution in [0.3, 0.4) is 0 Å². The summed E-state index contributed by atoms with van der Waals surface area (Å²) in [6.45, 7) is 1.92. The van der Waals surface area contributed by atoms with Gasteiger partial charge in [-0.05, 0) is 28.9 Å². The number of nitrogens with two attached hydrogens (primary N) is 1. The number of hydrazone groups is 1. The van der Waals surface area contributed by atoms with E-state index in [1.807, 2.05) is 6.92 Å². The number of halogens is 2. The van der Waals surface area contributed by atoms with E-state index in [9.17, 15) is 9.18 Å². The largest absolute Gasteiger partial charge is 0.378 e. The number of nitrogens with one attached hydrogen (secondary N) is 1. The zero-order chi connectivity index (χ0) is 19.4. The van der Waals surface area contributed by atoms with Gasteiger partial charge in [0.05, 0.1) is 16.9 Å². The van der Waals surface area contributed by atoms with Crippen molar-refractivity contribution in [2.24, 2.45) is 5.10 Å². The number of carbonyl (C=O) groups is 1. The molecule has 3 N–H and O–H groups in total. The van der Waals surface area contributed by atoms with E-state index in [4.69, 9.17) is 17.3 Å². The summed E-state index contributed by atoms with van der Waals surface area (Å²) >= 11 is 5.90. The van der Waals surface area contributed by atoms with E-state index in [-0.39, 0.29) is 27.9 Å². The van der Waals surface area contributed by atoms with Gasteiger partial charge >= 0.3 is 0 Å². The fraction of sp³-hybridized carbons (Fsp3) is 0.200. The lowest BCUT2D eigenvalue weighted by Crippen LogP contribution is -2.20. The Morgan fingerprint density at radius 2 is 2.30 bits per heavy atom. The van der Waals surface area contributed by atoms with Gasteiger partial charge in [0.25, 0.3) is 5.91 Å². The van der Waals surface area contributed by atoms with Gasteiger partial charge in [-0.1, -0.05) is 36.2 Å². The second kappa shape index (κ2) is 7.91. The van der Waals surface area contributed by atoms with E-state index in [0.717, 1.165) is 6.21 Å². The lowest BCUT2D eigenvalue weighted by atomic mass is 10.2. The lowest BCUT2D eigenvalue weighted by molar-refractivity contribution is 0.0949. The second-order valence-corrected chi connectivity index (χ2v) is 5.76. The normalized spacial score (nSPS) is 11.2. The van der Waals surface area contributed by atoms with Gasteiger partial charge in [-0.15, -0.1) is 5.10 Å². The number of nitrogens with zero attached hydrogens (tertiary/aromatic N) is 6. The van der Waals surface area contributed by atoms with Crippen LogP contribution < -0.4 is 11.2 Å². The van der Waals surface area contributed by atoms with Crippen molar-refractivity contribution in [1.29, 1.82) is 0 Å². The summed E-state index contributed by atoms with van der Waals surface area (Å²) < 4.78 is 19.5. The molecule has 1 aromatic carbocycles. The Labute approximate surface area is 157 Å². The van der Waals surface area contributed by atoms with Crippen LogP contribution in [-0.4, -0.2) is 37.4 Å². The van der Waals surface area contributed by atoms with Crippen molar-refractivity contribution in [2.45, 2.75) is 19.8 Å². The van der Waals surface area contributed by atoms with Crippen LogP contribution in [0, 0.1) is 5.82 Å². The number of nitrogen functional groups attached to an aromatic ring is 1. The molecule has 2 heterocycles. The lowest BCUT2D eigenvalue weighted by Gasteiger charge is -2.04. The molecular weight excluding hydrogens is 379 g/mol. The third kappa shape index (κ3) is 3.77. The first-order valence-electron chi connectivity index (χ1n) is 7.83. The molecule has 140 valence electrons. The van der Waals surface area contributed by atoms with Gasteiger partial charge in [0.15, 0.2) is 5.69 Å². The Bertz CT molecular complexity index is 979. The predicted octanol–water partition coefficient (Wildman–Crippen LogP) is 1.74. The minimum Gasteiger partial charge on any atom is -0.378 e. The number of amides is 1. The van der Waals surface area contributed by atoms with Crippen molar-refractivity contribution in [3.63, 3.8) is 0 Å². The third-order valence-electron chi connectivity index (χ3n) is 3.52. The molecule has 0 saturated carbocycles. The molecule has 1 amide bonds. The molecule has 27 heavy (non-hydrogen) atoms. The maximum atomic E-state index is 13.7. The molecule has 3 rings (SSSR count). The molecule has 0 saturated heterocycles. The van der Waals surface area contributed by atoms with Crippen molar-refractivity contribution in [3.05, 3.63) is 46.0 Å². The van der Waals surface area contributed by atoms with Crippen molar-refractivity contribution in [1.82, 2.24) is 30.7 Å². The van der Waals surface area contributed by atoms with E-state index in [0.29, 0.717) is 18.5 Å². The smallest absolute Gasteiger partial charge is 0.293 e. The molecule has 3 aromatic rings. The maximum Gasteiger partial charge on any atom is 0.293 e. The number of rotatable bonds is 6. The Morgan fingerprint density at radius 1 is 1.48 bits per heavy atom. The molecule has 0 unspecified atom stereocenters. The molecule has 0 radical (unpaired) electrons. The quantitative estimate of drug-likeness (QED) is 0.481. The third-order valence-corrected chi connectivity index (χ3v) is 3.85. The van der Waals surface area contributed by atoms with Crippen molar-refractivity contribution < 1.29 is 13.8 Å². The number of hydrogen-bond acceptors (Lipinski definition) is 8. The van der Waals surface area contributed by atoms with Crippen LogP contribution in [0.4, 0.5) is 10.2 Å². The number of anilines is 1. The first-order valence-corrected chi connectivity index (χ1v) is 8.21. The number of aromatic nitrogens is 5. The highest BCUT2D eigenvalue weighted by molar-refractivity contribution is 6.33. The average molecular weight is 393 g/mol. The number of benzene rings is 1. The summed E-state index contributed by atoms with van der Waals surface area (Å²) in [7, 11) is 0. The van der Waals surface area contributed by atoms with Crippen LogP contribution in [0.5, 0.6) is 0 Å². The van der Waals surface area contributed by atoms with Gasteiger partial charge in [-0.2, -0.15) is 9.78 Å². The minimum absolute atomic E-state index is 0.0106. The highest BCUT2D eigenvalue weighted by atomic mass is 35.5. The molecule has 0 aliphatic rings. The Hall–Kier alpha value is -3.34. The summed E-state index contributed by atoms with van der Waals surface area (Å²) in [4.78, 5) is 12.4. The maximum absolute atomic E-state index is 13.7. The predicted molar refractivity (Wildman–Crippen MR) is 94.1 cm³/mol. The minimum atomic E-state index is -0.636. The summed E-state index contributed by atoms with van der Waals surface area (Å²) in [5.41, 5.74) is 8.47. The zero-order valence-corrected chi connectivity index (χ0v) is 14.8. The van der Waals surface area contributed by atoms with E-state index >= 15 is 0 Å². The molecule has 0 fully saturated rings. The molecule has 2 aromatic heterocycles. The van der Waals surface area contributed by atoms with Crippen LogP contribution in [0.1, 0.15) is 35.1 Å². The van der Waals surface area contributed by atoms with Gasteiger partial charge in [-0.25, -0.2) is 14.4 Å². The summed E-state index contributed by atoms with van der Waals surface area (Å²) in [6.07, 6.45) is 2.27. The SMILES string of the molecule is CCCc1c(C(=O)N/N=C\c2c(F)cccc2Cl)nnn1-c1nonc1N. The van der Waals surface area contributed by atoms with Crippen LogP contribution in [0.25, 0.3) is 5.82 Å². The summed E-state index contributed by atoms with van der Waals surface area (Å²) in [6, 6.07) is 4.21. The van der Waals surface area contributed by atoms with Crippen LogP contribution >= 0.6 is 11.6 Å². The Kier molecular flexibility index (Phi) is 5.41. The fourth-order valence-corrected chi connectivity index (χ4v) is 2.50. The fourth-order valence-electron chi connectivity index (χ4n) is 2.29. The number of carbonyl (C=O) groups excluding carboxylic acids is 1. The first-order chi connectivity index (χ1) is 13.0. The molecule has 10 nitrogen and oxygen atoms in total. The van der Waals surface area contributed by atoms with E-state index in [1.165, 1.54) is 22.9 Å². The molecule has 0 aliphatic heterocycles. The highest BCUT2D eigenvalue weighted by Gasteiger charge is 2.23. The van der Waals surface area contributed by atoms with E-state index in [1.54, 1.807) is 0 Å². The Balaban J connectivity index is 1.84. The van der Waals surface area contributed by atoms with E-state index < -0.39 is 11.7 Å². The summed E-state index contributed by atoms with van der Waals surface area (Å²) in [5, 5.41) is 18.8. The average Bonchev–Trinajstić information content (AvgIpc) is 3.23. The van der Waals surface area contributed by atoms with Gasteiger partial charge in [0.2, 0.25) is 11.6 Å². The van der Waals surface area contributed by atoms with Gasteiger partial charge in [-0.3, -0.25) is 4.79 Å². The van der Waals surface area contributed by atoms with Gasteiger partial charge < -0.3 is 5.73 Å².